The lowest BCUT2D eigenvalue weighted by atomic mass is 9.84. The van der Waals surface area contributed by atoms with Crippen LogP contribution in [0.25, 0.3) is 0 Å². The van der Waals surface area contributed by atoms with Crippen LogP contribution in [0.4, 0.5) is 5.69 Å². The lowest BCUT2D eigenvalue weighted by molar-refractivity contribution is -0.124. The zero-order valence-corrected chi connectivity index (χ0v) is 20.5. The van der Waals surface area contributed by atoms with E-state index in [1.54, 1.807) is 23.7 Å². The second kappa shape index (κ2) is 11.8. The van der Waals surface area contributed by atoms with E-state index in [4.69, 9.17) is 4.74 Å². The molecule has 1 atom stereocenters. The summed E-state index contributed by atoms with van der Waals surface area (Å²) in [4.78, 5) is 42.2. The number of nitrogens with one attached hydrogen (secondary N) is 2. The van der Waals surface area contributed by atoms with Crippen LogP contribution in [-0.4, -0.2) is 29.9 Å². The molecular weight excluding hydrogens is 462 g/mol. The Hall–Kier alpha value is -3.52. The first-order valence-corrected chi connectivity index (χ1v) is 12.7. The van der Waals surface area contributed by atoms with Gasteiger partial charge in [0.1, 0.15) is 0 Å². The Morgan fingerprint density at radius 2 is 1.89 bits per heavy atom. The van der Waals surface area contributed by atoms with Crippen molar-refractivity contribution in [2.75, 3.05) is 12.4 Å². The maximum absolute atomic E-state index is 13.3. The van der Waals surface area contributed by atoms with E-state index in [1.165, 1.54) is 18.4 Å². The van der Waals surface area contributed by atoms with Crippen molar-refractivity contribution in [1.29, 1.82) is 0 Å². The number of amides is 2. The first kappa shape index (κ1) is 24.6. The number of carbonyl (C=O) groups excluding carboxylic acids is 3. The summed E-state index contributed by atoms with van der Waals surface area (Å²) >= 11 is 1.43. The zero-order valence-electron chi connectivity index (χ0n) is 19.7. The highest BCUT2D eigenvalue weighted by Gasteiger charge is 2.31. The van der Waals surface area contributed by atoms with Crippen LogP contribution in [0.1, 0.15) is 58.8 Å². The largest absolute Gasteiger partial charge is 0.465 e. The van der Waals surface area contributed by atoms with Crippen LogP contribution in [0.15, 0.2) is 59.4 Å². The van der Waals surface area contributed by atoms with Gasteiger partial charge in [0, 0.05) is 17.6 Å². The molecule has 35 heavy (non-hydrogen) atoms. The fourth-order valence-corrected chi connectivity index (χ4v) is 5.24. The van der Waals surface area contributed by atoms with Crippen molar-refractivity contribution in [3.8, 4) is 0 Å². The number of hydrogen-bond donors (Lipinski definition) is 2. The van der Waals surface area contributed by atoms with Crippen molar-refractivity contribution < 1.29 is 19.1 Å². The minimum Gasteiger partial charge on any atom is -0.465 e. The van der Waals surface area contributed by atoms with Gasteiger partial charge in [0.05, 0.1) is 36.2 Å². The van der Waals surface area contributed by atoms with E-state index in [2.05, 4.69) is 15.6 Å². The number of benzene rings is 2. The monoisotopic (exact) mass is 491 g/mol. The molecule has 182 valence electrons. The average molecular weight is 492 g/mol. The van der Waals surface area contributed by atoms with Gasteiger partial charge in [-0.25, -0.2) is 9.78 Å². The van der Waals surface area contributed by atoms with Crippen molar-refractivity contribution in [3.05, 3.63) is 81.8 Å². The highest BCUT2D eigenvalue weighted by Crippen LogP contribution is 2.37. The van der Waals surface area contributed by atoms with E-state index in [-0.39, 0.29) is 30.7 Å². The fourth-order valence-electron chi connectivity index (χ4n) is 4.68. The van der Waals surface area contributed by atoms with Gasteiger partial charge in [-0.05, 0) is 48.1 Å². The SMILES string of the molecule is COC(=O)c1cc(CNC(=O)C(c2ccccc2)C2CCCC2)cc(NC(=O)Cc2cscn2)c1. The van der Waals surface area contributed by atoms with E-state index < -0.39 is 5.97 Å². The number of carbonyl (C=O) groups is 3. The molecule has 2 aromatic carbocycles. The third-order valence-corrected chi connectivity index (χ3v) is 6.94. The Morgan fingerprint density at radius 1 is 1.11 bits per heavy atom. The van der Waals surface area contributed by atoms with Crippen LogP contribution in [0.3, 0.4) is 0 Å². The summed E-state index contributed by atoms with van der Waals surface area (Å²) in [7, 11) is 1.31. The standard InChI is InChI=1S/C27H29N3O4S/c1-34-27(33)21-11-18(12-22(13-21)30-24(31)14-23-16-35-17-29-23)15-28-26(32)25(20-9-5-6-10-20)19-7-3-2-4-8-19/h2-4,7-8,11-13,16-17,20,25H,5-6,9-10,14-15H2,1H3,(H,28,32)(H,30,31). The number of esters is 1. The Balaban J connectivity index is 1.49. The maximum atomic E-state index is 13.3. The molecule has 1 saturated carbocycles. The summed E-state index contributed by atoms with van der Waals surface area (Å²) in [6.45, 7) is 0.231. The summed E-state index contributed by atoms with van der Waals surface area (Å²) in [6.07, 6.45) is 4.51. The Morgan fingerprint density at radius 3 is 2.57 bits per heavy atom. The molecular formula is C27H29N3O4S. The third-order valence-electron chi connectivity index (χ3n) is 6.30. The number of aromatic nitrogens is 1. The molecule has 2 N–H and O–H groups in total. The summed E-state index contributed by atoms with van der Waals surface area (Å²) in [6, 6.07) is 14.9. The van der Waals surface area contributed by atoms with Crippen molar-refractivity contribution in [3.63, 3.8) is 0 Å². The van der Waals surface area contributed by atoms with Gasteiger partial charge in [-0.15, -0.1) is 11.3 Å². The average Bonchev–Trinajstić information content (AvgIpc) is 3.58. The van der Waals surface area contributed by atoms with Crippen molar-refractivity contribution >= 4 is 34.8 Å². The molecule has 1 fully saturated rings. The van der Waals surface area contributed by atoms with Gasteiger partial charge in [-0.1, -0.05) is 43.2 Å². The van der Waals surface area contributed by atoms with Gasteiger partial charge < -0.3 is 15.4 Å². The molecule has 0 saturated heterocycles. The van der Waals surface area contributed by atoms with E-state index in [0.717, 1.165) is 31.2 Å². The van der Waals surface area contributed by atoms with Crippen LogP contribution in [0.2, 0.25) is 0 Å². The Labute approximate surface area is 208 Å². The number of thiazole rings is 1. The number of nitrogens with zero attached hydrogens (tertiary/aromatic N) is 1. The molecule has 3 aromatic rings. The molecule has 8 heteroatoms. The van der Waals surface area contributed by atoms with Crippen molar-refractivity contribution in [2.24, 2.45) is 5.92 Å². The second-order valence-corrected chi connectivity index (χ2v) is 9.48. The first-order chi connectivity index (χ1) is 17.0. The molecule has 0 bridgehead atoms. The topological polar surface area (TPSA) is 97.4 Å². The van der Waals surface area contributed by atoms with Crippen molar-refractivity contribution in [1.82, 2.24) is 10.3 Å². The lowest BCUT2D eigenvalue weighted by Crippen LogP contribution is -2.32. The minimum absolute atomic E-state index is 0.0271. The van der Waals surface area contributed by atoms with Gasteiger partial charge in [0.25, 0.3) is 0 Å². The van der Waals surface area contributed by atoms with Gasteiger partial charge in [0.15, 0.2) is 0 Å². The molecule has 4 rings (SSSR count). The van der Waals surface area contributed by atoms with Crippen LogP contribution in [0, 0.1) is 5.92 Å². The molecule has 1 unspecified atom stereocenters. The van der Waals surface area contributed by atoms with Gasteiger partial charge in [0.2, 0.25) is 11.8 Å². The molecule has 1 aliphatic rings. The molecule has 1 heterocycles. The van der Waals surface area contributed by atoms with Crippen molar-refractivity contribution in [2.45, 2.75) is 44.6 Å². The van der Waals surface area contributed by atoms with Gasteiger partial charge in [-0.3, -0.25) is 9.59 Å². The van der Waals surface area contributed by atoms with E-state index in [0.29, 0.717) is 28.4 Å². The van der Waals surface area contributed by atoms with E-state index in [9.17, 15) is 14.4 Å². The van der Waals surface area contributed by atoms with Crippen LogP contribution < -0.4 is 10.6 Å². The van der Waals surface area contributed by atoms with Gasteiger partial charge in [-0.2, -0.15) is 0 Å². The maximum Gasteiger partial charge on any atom is 0.337 e. The zero-order chi connectivity index (χ0) is 24.6. The summed E-state index contributed by atoms with van der Waals surface area (Å²) in [5.74, 6) is -0.667. The van der Waals surface area contributed by atoms with Crippen LogP contribution >= 0.6 is 11.3 Å². The Bertz CT molecular complexity index is 1160. The highest BCUT2D eigenvalue weighted by molar-refractivity contribution is 7.07. The minimum atomic E-state index is -0.513. The third kappa shape index (κ3) is 6.54. The van der Waals surface area contributed by atoms with Crippen LogP contribution in [0.5, 0.6) is 0 Å². The molecule has 0 radical (unpaired) electrons. The highest BCUT2D eigenvalue weighted by atomic mass is 32.1. The molecule has 2 amide bonds. The molecule has 1 aromatic heterocycles. The fraction of sp³-hybridized carbons (Fsp3) is 0.333. The number of methoxy groups -OCH3 is 1. The number of hydrogen-bond acceptors (Lipinski definition) is 6. The number of anilines is 1. The summed E-state index contributed by atoms with van der Waals surface area (Å²) < 4.78 is 4.88. The summed E-state index contributed by atoms with van der Waals surface area (Å²) in [5.41, 5.74) is 4.85. The van der Waals surface area contributed by atoms with E-state index >= 15 is 0 Å². The van der Waals surface area contributed by atoms with E-state index in [1.807, 2.05) is 35.7 Å². The quantitative estimate of drug-likeness (QED) is 0.423. The molecule has 0 spiro atoms. The van der Waals surface area contributed by atoms with Gasteiger partial charge >= 0.3 is 5.97 Å². The second-order valence-electron chi connectivity index (χ2n) is 8.77. The number of ether oxygens (including phenoxy) is 1. The molecule has 1 aliphatic carbocycles. The smallest absolute Gasteiger partial charge is 0.337 e. The van der Waals surface area contributed by atoms with Crippen LogP contribution in [-0.2, 0) is 27.3 Å². The predicted octanol–water partition coefficient (Wildman–Crippen LogP) is 4.70. The normalized spacial score (nSPS) is 14.3. The Kier molecular flexibility index (Phi) is 8.26. The lowest BCUT2D eigenvalue weighted by Gasteiger charge is -2.23. The number of rotatable bonds is 9. The first-order valence-electron chi connectivity index (χ1n) is 11.8. The predicted molar refractivity (Wildman–Crippen MR) is 135 cm³/mol. The molecule has 0 aliphatic heterocycles. The summed E-state index contributed by atoms with van der Waals surface area (Å²) in [5, 5.41) is 7.71. The molecule has 7 nitrogen and oxygen atoms in total.